The lowest BCUT2D eigenvalue weighted by molar-refractivity contribution is -0.139. The van der Waals surface area contributed by atoms with Crippen LogP contribution in [0.5, 0.6) is 0 Å². The average Bonchev–Trinajstić information content (AvgIpc) is 2.58. The number of rotatable bonds is 3. The average molecular weight is 208 g/mol. The van der Waals surface area contributed by atoms with Gasteiger partial charge < -0.3 is 5.11 Å². The SMILES string of the molecule is CCn1nccc1[C@@H]1[C@@H](C(=O)O)C1(C)C. The molecule has 4 heteroatoms. The van der Waals surface area contributed by atoms with E-state index in [4.69, 9.17) is 5.11 Å². The Labute approximate surface area is 88.9 Å². The molecule has 0 aliphatic heterocycles. The van der Waals surface area contributed by atoms with Crippen molar-refractivity contribution >= 4 is 5.97 Å². The maximum absolute atomic E-state index is 11.1. The quantitative estimate of drug-likeness (QED) is 0.823. The number of aromatic nitrogens is 2. The molecule has 1 N–H and O–H groups in total. The summed E-state index contributed by atoms with van der Waals surface area (Å²) in [5, 5.41) is 13.3. The van der Waals surface area contributed by atoms with E-state index < -0.39 is 5.97 Å². The van der Waals surface area contributed by atoms with Crippen molar-refractivity contribution in [3.8, 4) is 0 Å². The minimum atomic E-state index is -0.700. The van der Waals surface area contributed by atoms with Crippen LogP contribution >= 0.6 is 0 Å². The van der Waals surface area contributed by atoms with Crippen molar-refractivity contribution in [1.29, 1.82) is 0 Å². The van der Waals surface area contributed by atoms with Crippen molar-refractivity contribution in [3.63, 3.8) is 0 Å². The van der Waals surface area contributed by atoms with Gasteiger partial charge in [0.05, 0.1) is 5.92 Å². The maximum atomic E-state index is 11.1. The molecule has 0 unspecified atom stereocenters. The lowest BCUT2D eigenvalue weighted by Crippen LogP contribution is -2.04. The van der Waals surface area contributed by atoms with Crippen LogP contribution in [0.15, 0.2) is 12.3 Å². The molecule has 1 heterocycles. The van der Waals surface area contributed by atoms with Gasteiger partial charge in [-0.2, -0.15) is 5.10 Å². The molecular weight excluding hydrogens is 192 g/mol. The topological polar surface area (TPSA) is 55.1 Å². The van der Waals surface area contributed by atoms with Crippen LogP contribution < -0.4 is 0 Å². The number of aryl methyl sites for hydroxylation is 1. The Morgan fingerprint density at radius 3 is 2.80 bits per heavy atom. The molecule has 1 aromatic heterocycles. The normalized spacial score (nSPS) is 27.7. The molecule has 2 rings (SSSR count). The van der Waals surface area contributed by atoms with Gasteiger partial charge in [0.15, 0.2) is 0 Å². The van der Waals surface area contributed by atoms with Crippen LogP contribution in [-0.2, 0) is 11.3 Å². The lowest BCUT2D eigenvalue weighted by Gasteiger charge is -2.05. The molecule has 0 amide bonds. The van der Waals surface area contributed by atoms with E-state index in [1.807, 2.05) is 31.5 Å². The second kappa shape index (κ2) is 3.08. The summed E-state index contributed by atoms with van der Waals surface area (Å²) in [6.07, 6.45) is 1.74. The second-order valence-corrected chi connectivity index (χ2v) is 4.69. The van der Waals surface area contributed by atoms with Crippen LogP contribution in [0.2, 0.25) is 0 Å². The molecule has 0 bridgehead atoms. The van der Waals surface area contributed by atoms with Gasteiger partial charge in [-0.25, -0.2) is 0 Å². The van der Waals surface area contributed by atoms with Gasteiger partial charge in [0.1, 0.15) is 0 Å². The second-order valence-electron chi connectivity index (χ2n) is 4.69. The van der Waals surface area contributed by atoms with Crippen molar-refractivity contribution < 1.29 is 9.90 Å². The van der Waals surface area contributed by atoms with Crippen molar-refractivity contribution in [2.24, 2.45) is 11.3 Å². The van der Waals surface area contributed by atoms with Crippen LogP contribution in [0.4, 0.5) is 0 Å². The van der Waals surface area contributed by atoms with E-state index in [0.29, 0.717) is 0 Å². The third-order valence-corrected chi connectivity index (χ3v) is 3.46. The third-order valence-electron chi connectivity index (χ3n) is 3.46. The molecule has 0 spiro atoms. The summed E-state index contributed by atoms with van der Waals surface area (Å²) in [5.74, 6) is -0.856. The molecule has 0 saturated heterocycles. The first-order valence-electron chi connectivity index (χ1n) is 5.24. The molecule has 2 atom stereocenters. The van der Waals surface area contributed by atoms with E-state index in [1.54, 1.807) is 6.20 Å². The largest absolute Gasteiger partial charge is 0.481 e. The highest BCUT2D eigenvalue weighted by molar-refractivity contribution is 5.77. The third kappa shape index (κ3) is 1.35. The van der Waals surface area contributed by atoms with Gasteiger partial charge in [-0.05, 0) is 18.4 Å². The van der Waals surface area contributed by atoms with E-state index in [9.17, 15) is 4.79 Å². The Morgan fingerprint density at radius 1 is 1.67 bits per heavy atom. The Bertz CT molecular complexity index is 395. The van der Waals surface area contributed by atoms with Gasteiger partial charge >= 0.3 is 5.97 Å². The molecule has 1 aliphatic carbocycles. The summed E-state index contributed by atoms with van der Waals surface area (Å²) in [7, 11) is 0. The van der Waals surface area contributed by atoms with Crippen molar-refractivity contribution in [3.05, 3.63) is 18.0 Å². The fraction of sp³-hybridized carbons (Fsp3) is 0.636. The summed E-state index contributed by atoms with van der Waals surface area (Å²) in [6, 6.07) is 1.93. The lowest BCUT2D eigenvalue weighted by atomic mass is 10.1. The number of hydrogen-bond donors (Lipinski definition) is 1. The first-order valence-corrected chi connectivity index (χ1v) is 5.24. The Kier molecular flexibility index (Phi) is 2.10. The molecule has 4 nitrogen and oxygen atoms in total. The van der Waals surface area contributed by atoms with E-state index in [0.717, 1.165) is 12.2 Å². The Balaban J connectivity index is 2.31. The first kappa shape index (κ1) is 10.2. The maximum Gasteiger partial charge on any atom is 0.307 e. The summed E-state index contributed by atoms with van der Waals surface area (Å²) >= 11 is 0. The van der Waals surface area contributed by atoms with Gasteiger partial charge in [0, 0.05) is 24.4 Å². The first-order chi connectivity index (χ1) is 7.00. The van der Waals surface area contributed by atoms with E-state index in [1.165, 1.54) is 0 Å². The number of nitrogens with zero attached hydrogens (tertiary/aromatic N) is 2. The van der Waals surface area contributed by atoms with E-state index in [2.05, 4.69) is 5.10 Å². The van der Waals surface area contributed by atoms with E-state index >= 15 is 0 Å². The van der Waals surface area contributed by atoms with Crippen LogP contribution in [0.25, 0.3) is 0 Å². The molecule has 0 radical (unpaired) electrons. The zero-order valence-electron chi connectivity index (χ0n) is 9.27. The molecule has 0 aromatic carbocycles. The molecule has 1 aromatic rings. The minimum Gasteiger partial charge on any atom is -0.481 e. The minimum absolute atomic E-state index is 0.109. The van der Waals surface area contributed by atoms with Gasteiger partial charge in [0.2, 0.25) is 0 Å². The van der Waals surface area contributed by atoms with Gasteiger partial charge in [-0.1, -0.05) is 13.8 Å². The molecule has 15 heavy (non-hydrogen) atoms. The zero-order valence-corrected chi connectivity index (χ0v) is 9.27. The van der Waals surface area contributed by atoms with Crippen molar-refractivity contribution in [2.75, 3.05) is 0 Å². The standard InChI is InChI=1S/C11H16N2O2/c1-4-13-7(5-6-12-13)8-9(10(14)15)11(8,2)3/h5-6,8-9H,4H2,1-3H3,(H,14,15)/t8-,9+/m1/s1. The van der Waals surface area contributed by atoms with Crippen LogP contribution in [0.1, 0.15) is 32.4 Å². The summed E-state index contributed by atoms with van der Waals surface area (Å²) in [6.45, 7) is 6.82. The van der Waals surface area contributed by atoms with Crippen LogP contribution in [0.3, 0.4) is 0 Å². The van der Waals surface area contributed by atoms with Gasteiger partial charge in [-0.15, -0.1) is 0 Å². The fourth-order valence-corrected chi connectivity index (χ4v) is 2.52. The highest BCUT2D eigenvalue weighted by Gasteiger charge is 2.63. The Hall–Kier alpha value is -1.32. The molecule has 1 aliphatic rings. The predicted octanol–water partition coefficient (Wildman–Crippen LogP) is 1.73. The number of carbonyl (C=O) groups is 1. The molecule has 1 fully saturated rings. The smallest absolute Gasteiger partial charge is 0.307 e. The number of carboxylic acid groups (broad SMARTS) is 1. The predicted molar refractivity (Wildman–Crippen MR) is 55.5 cm³/mol. The Morgan fingerprint density at radius 2 is 2.33 bits per heavy atom. The van der Waals surface area contributed by atoms with Crippen LogP contribution in [-0.4, -0.2) is 20.9 Å². The van der Waals surface area contributed by atoms with Crippen molar-refractivity contribution in [2.45, 2.75) is 33.2 Å². The molecule has 82 valence electrons. The fourth-order valence-electron chi connectivity index (χ4n) is 2.52. The summed E-state index contributed by atoms with van der Waals surface area (Å²) in [5.41, 5.74) is 0.911. The summed E-state index contributed by atoms with van der Waals surface area (Å²) < 4.78 is 1.88. The number of carboxylic acids is 1. The monoisotopic (exact) mass is 208 g/mol. The zero-order chi connectivity index (χ0) is 11.2. The van der Waals surface area contributed by atoms with Gasteiger partial charge in [0.25, 0.3) is 0 Å². The molecular formula is C11H16N2O2. The van der Waals surface area contributed by atoms with E-state index in [-0.39, 0.29) is 17.3 Å². The molecule has 1 saturated carbocycles. The highest BCUT2D eigenvalue weighted by atomic mass is 16.4. The highest BCUT2D eigenvalue weighted by Crippen LogP contribution is 2.64. The summed E-state index contributed by atoms with van der Waals surface area (Å²) in [4.78, 5) is 11.1. The van der Waals surface area contributed by atoms with Crippen LogP contribution in [0, 0.1) is 11.3 Å². The van der Waals surface area contributed by atoms with Crippen molar-refractivity contribution in [1.82, 2.24) is 9.78 Å². The number of aliphatic carboxylic acids is 1. The number of hydrogen-bond acceptors (Lipinski definition) is 2. The van der Waals surface area contributed by atoms with Gasteiger partial charge in [-0.3, -0.25) is 9.48 Å².